The van der Waals surface area contributed by atoms with Gasteiger partial charge < -0.3 is 24.4 Å². The summed E-state index contributed by atoms with van der Waals surface area (Å²) in [5, 5.41) is 2.73. The van der Waals surface area contributed by atoms with Gasteiger partial charge in [-0.15, -0.1) is 0 Å². The first-order valence-corrected chi connectivity index (χ1v) is 10.1. The van der Waals surface area contributed by atoms with Crippen LogP contribution in [0, 0.1) is 0 Å². The zero-order valence-corrected chi connectivity index (χ0v) is 17.6. The van der Waals surface area contributed by atoms with E-state index in [1.165, 1.54) is 14.2 Å². The highest BCUT2D eigenvalue weighted by molar-refractivity contribution is 6.01. The molecule has 0 atom stereocenters. The number of anilines is 1. The van der Waals surface area contributed by atoms with Gasteiger partial charge >= 0.3 is 5.97 Å². The van der Waals surface area contributed by atoms with Gasteiger partial charge in [0.2, 0.25) is 5.91 Å². The summed E-state index contributed by atoms with van der Waals surface area (Å²) in [6.07, 6.45) is 1.92. The quantitative estimate of drug-likeness (QED) is 0.587. The van der Waals surface area contributed by atoms with Crippen LogP contribution in [-0.2, 0) is 14.3 Å². The first-order valence-electron chi connectivity index (χ1n) is 10.1. The molecule has 2 aromatic carbocycles. The molecule has 8 heteroatoms. The number of carbonyl (C=O) groups excluding carboxylic acids is 3. The number of ether oxygens (including phenoxy) is 3. The van der Waals surface area contributed by atoms with E-state index in [0.717, 1.165) is 12.8 Å². The van der Waals surface area contributed by atoms with E-state index in [-0.39, 0.29) is 43.0 Å². The molecule has 1 aliphatic rings. The second-order valence-electron chi connectivity index (χ2n) is 7.09. The number of amides is 2. The first-order chi connectivity index (χ1) is 15.0. The number of nitrogens with one attached hydrogen (secondary N) is 1. The lowest BCUT2D eigenvalue weighted by Gasteiger charge is -2.22. The van der Waals surface area contributed by atoms with Crippen LogP contribution in [0.5, 0.6) is 11.5 Å². The summed E-state index contributed by atoms with van der Waals surface area (Å²) in [5.41, 5.74) is 0.654. The van der Waals surface area contributed by atoms with Gasteiger partial charge in [-0.2, -0.15) is 0 Å². The molecular weight excluding hydrogens is 400 g/mol. The smallest absolute Gasteiger partial charge is 0.339 e. The van der Waals surface area contributed by atoms with Crippen molar-refractivity contribution in [3.05, 3.63) is 54.1 Å². The molecule has 0 heterocycles. The topological polar surface area (TPSA) is 94.2 Å². The van der Waals surface area contributed by atoms with Crippen LogP contribution in [-0.4, -0.2) is 56.1 Å². The summed E-state index contributed by atoms with van der Waals surface area (Å²) in [4.78, 5) is 38.7. The van der Waals surface area contributed by atoms with Crippen LogP contribution in [0.4, 0.5) is 5.69 Å². The molecule has 0 unspecified atom stereocenters. The number of hydrogen-bond acceptors (Lipinski definition) is 6. The van der Waals surface area contributed by atoms with Crippen molar-refractivity contribution < 1.29 is 28.6 Å². The van der Waals surface area contributed by atoms with Crippen LogP contribution < -0.4 is 14.8 Å². The lowest BCUT2D eigenvalue weighted by molar-refractivity contribution is -0.134. The second-order valence-corrected chi connectivity index (χ2v) is 7.09. The number of para-hydroxylation sites is 3. The molecule has 0 radical (unpaired) electrons. The molecule has 31 heavy (non-hydrogen) atoms. The van der Waals surface area contributed by atoms with E-state index in [1.807, 2.05) is 6.07 Å². The summed E-state index contributed by atoms with van der Waals surface area (Å²) >= 11 is 0. The average molecular weight is 426 g/mol. The molecule has 0 spiro atoms. The van der Waals surface area contributed by atoms with Crippen LogP contribution in [0.25, 0.3) is 0 Å². The Hall–Kier alpha value is -3.55. The number of methoxy groups -OCH3 is 2. The molecule has 2 amide bonds. The number of esters is 1. The van der Waals surface area contributed by atoms with E-state index < -0.39 is 5.97 Å². The largest absolute Gasteiger partial charge is 0.493 e. The number of rotatable bonds is 10. The van der Waals surface area contributed by atoms with E-state index in [9.17, 15) is 14.4 Å². The molecule has 1 fully saturated rings. The first kappa shape index (κ1) is 22.1. The predicted octanol–water partition coefficient (Wildman–Crippen LogP) is 2.88. The van der Waals surface area contributed by atoms with Crippen molar-refractivity contribution in [2.24, 2.45) is 0 Å². The molecule has 0 aromatic heterocycles. The molecule has 0 bridgehead atoms. The Bertz CT molecular complexity index is 941. The molecule has 0 saturated heterocycles. The highest BCUT2D eigenvalue weighted by atomic mass is 16.5. The molecule has 0 aliphatic heterocycles. The fourth-order valence-electron chi connectivity index (χ4n) is 3.17. The van der Waals surface area contributed by atoms with Crippen LogP contribution in [0.2, 0.25) is 0 Å². The Kier molecular flexibility index (Phi) is 7.48. The Labute approximate surface area is 181 Å². The van der Waals surface area contributed by atoms with Crippen molar-refractivity contribution in [3.63, 3.8) is 0 Å². The van der Waals surface area contributed by atoms with Crippen molar-refractivity contribution in [1.82, 2.24) is 4.90 Å². The molecule has 1 aliphatic carbocycles. The Morgan fingerprint density at radius 2 is 1.68 bits per heavy atom. The van der Waals surface area contributed by atoms with E-state index in [4.69, 9.17) is 14.2 Å². The summed E-state index contributed by atoms with van der Waals surface area (Å²) in [6, 6.07) is 13.9. The minimum Gasteiger partial charge on any atom is -0.493 e. The summed E-state index contributed by atoms with van der Waals surface area (Å²) < 4.78 is 15.6. The lowest BCUT2D eigenvalue weighted by atomic mass is 10.1. The Morgan fingerprint density at radius 3 is 2.35 bits per heavy atom. The maximum absolute atomic E-state index is 12.7. The molecule has 8 nitrogen and oxygen atoms in total. The molecular formula is C23H26N2O6. The highest BCUT2D eigenvalue weighted by Gasteiger charge is 2.33. The van der Waals surface area contributed by atoms with Crippen LogP contribution in [0.3, 0.4) is 0 Å². The molecule has 2 aromatic rings. The zero-order chi connectivity index (χ0) is 22.2. The van der Waals surface area contributed by atoms with Gasteiger partial charge in [0.05, 0.1) is 25.5 Å². The van der Waals surface area contributed by atoms with Gasteiger partial charge in [-0.25, -0.2) is 4.79 Å². The van der Waals surface area contributed by atoms with Gasteiger partial charge in [0.15, 0.2) is 18.1 Å². The zero-order valence-electron chi connectivity index (χ0n) is 17.6. The van der Waals surface area contributed by atoms with Crippen molar-refractivity contribution in [1.29, 1.82) is 0 Å². The van der Waals surface area contributed by atoms with Gasteiger partial charge in [-0.05, 0) is 37.1 Å². The van der Waals surface area contributed by atoms with Crippen LogP contribution in [0.1, 0.15) is 29.6 Å². The van der Waals surface area contributed by atoms with Crippen LogP contribution >= 0.6 is 0 Å². The molecule has 3 rings (SSSR count). The molecule has 1 N–H and O–H groups in total. The van der Waals surface area contributed by atoms with E-state index in [2.05, 4.69) is 5.32 Å². The predicted molar refractivity (Wildman–Crippen MR) is 114 cm³/mol. The van der Waals surface area contributed by atoms with Crippen LogP contribution in [0.15, 0.2) is 48.5 Å². The van der Waals surface area contributed by atoms with E-state index in [0.29, 0.717) is 17.2 Å². The average Bonchev–Trinajstić information content (AvgIpc) is 3.63. The maximum Gasteiger partial charge on any atom is 0.339 e. The van der Waals surface area contributed by atoms with Gasteiger partial charge in [-0.1, -0.05) is 24.3 Å². The minimum atomic E-state index is -0.529. The standard InChI is InChI=1S/C23H26N2O6/c1-29-19-9-5-6-10-20(19)31-15-22(27)25(16-11-12-16)14-13-21(26)24-18-8-4-3-7-17(18)23(28)30-2/h3-10,16H,11-15H2,1-2H3,(H,24,26). The normalized spacial score (nSPS) is 12.6. The number of carbonyl (C=O) groups is 3. The van der Waals surface area contributed by atoms with E-state index >= 15 is 0 Å². The van der Waals surface area contributed by atoms with Crippen molar-refractivity contribution >= 4 is 23.5 Å². The van der Waals surface area contributed by atoms with Gasteiger partial charge in [0, 0.05) is 19.0 Å². The maximum atomic E-state index is 12.7. The Morgan fingerprint density at radius 1 is 1.00 bits per heavy atom. The molecule has 1 saturated carbocycles. The third-order valence-electron chi connectivity index (χ3n) is 4.91. The summed E-state index contributed by atoms with van der Waals surface area (Å²) in [5.74, 6) is 0.0407. The van der Waals surface area contributed by atoms with Gasteiger partial charge in [0.25, 0.3) is 5.91 Å². The number of hydrogen-bond donors (Lipinski definition) is 1. The fourth-order valence-corrected chi connectivity index (χ4v) is 3.17. The number of benzene rings is 2. The highest BCUT2D eigenvalue weighted by Crippen LogP contribution is 2.29. The third kappa shape index (κ3) is 5.97. The van der Waals surface area contributed by atoms with E-state index in [1.54, 1.807) is 47.4 Å². The lowest BCUT2D eigenvalue weighted by Crippen LogP contribution is -2.38. The fraction of sp³-hybridized carbons (Fsp3) is 0.348. The van der Waals surface area contributed by atoms with Crippen molar-refractivity contribution in [2.75, 3.05) is 32.7 Å². The third-order valence-corrected chi connectivity index (χ3v) is 4.91. The van der Waals surface area contributed by atoms with Crippen molar-refractivity contribution in [3.8, 4) is 11.5 Å². The second kappa shape index (κ2) is 10.5. The number of nitrogens with zero attached hydrogens (tertiary/aromatic N) is 1. The summed E-state index contributed by atoms with van der Waals surface area (Å²) in [7, 11) is 2.82. The van der Waals surface area contributed by atoms with Gasteiger partial charge in [-0.3, -0.25) is 9.59 Å². The SMILES string of the molecule is COC(=O)c1ccccc1NC(=O)CCN(C(=O)COc1ccccc1OC)C1CC1. The Balaban J connectivity index is 1.55. The molecule has 164 valence electrons. The van der Waals surface area contributed by atoms with Gasteiger partial charge in [0.1, 0.15) is 0 Å². The minimum absolute atomic E-state index is 0.104. The summed E-state index contributed by atoms with van der Waals surface area (Å²) in [6.45, 7) is 0.134. The van der Waals surface area contributed by atoms with Crippen molar-refractivity contribution in [2.45, 2.75) is 25.3 Å². The monoisotopic (exact) mass is 426 g/mol.